The van der Waals surface area contributed by atoms with Gasteiger partial charge in [-0.3, -0.25) is 19.3 Å². The molecule has 0 saturated carbocycles. The van der Waals surface area contributed by atoms with E-state index in [1.165, 1.54) is 11.0 Å². The lowest BCUT2D eigenvalue weighted by molar-refractivity contribution is -0.134. The van der Waals surface area contributed by atoms with Gasteiger partial charge >= 0.3 is 0 Å². The highest BCUT2D eigenvalue weighted by atomic mass is 16.5. The van der Waals surface area contributed by atoms with E-state index in [1.807, 2.05) is 45.2 Å². The number of nitrogens with zero attached hydrogens (tertiary/aromatic N) is 6. The van der Waals surface area contributed by atoms with Crippen LogP contribution >= 0.6 is 0 Å². The lowest BCUT2D eigenvalue weighted by atomic mass is 10.0. The first-order chi connectivity index (χ1) is 23.1. The normalized spacial score (nSPS) is 17.0. The highest BCUT2D eigenvalue weighted by Crippen LogP contribution is 2.29. The molecule has 0 bridgehead atoms. The Hall–Kier alpha value is -5.34. The van der Waals surface area contributed by atoms with Crippen LogP contribution in [0.3, 0.4) is 0 Å². The smallest absolute Gasteiger partial charge is 0.255 e. The van der Waals surface area contributed by atoms with Crippen LogP contribution in [0.2, 0.25) is 0 Å². The molecule has 14 nitrogen and oxygen atoms in total. The molecule has 1 aliphatic rings. The third kappa shape index (κ3) is 8.72. The molecule has 5 rings (SSSR count). The fourth-order valence-corrected chi connectivity index (χ4v) is 5.58. The van der Waals surface area contributed by atoms with Crippen molar-refractivity contribution in [3.63, 3.8) is 0 Å². The van der Waals surface area contributed by atoms with Gasteiger partial charge in [0, 0.05) is 42.4 Å². The first kappa shape index (κ1) is 34.0. The molecule has 48 heavy (non-hydrogen) atoms. The van der Waals surface area contributed by atoms with Crippen molar-refractivity contribution in [2.75, 3.05) is 43.1 Å². The second kappa shape index (κ2) is 15.5. The van der Waals surface area contributed by atoms with Gasteiger partial charge in [-0.1, -0.05) is 31.2 Å². The van der Waals surface area contributed by atoms with Crippen molar-refractivity contribution >= 4 is 34.8 Å². The van der Waals surface area contributed by atoms with Crippen molar-refractivity contribution in [1.82, 2.24) is 30.0 Å². The molecule has 1 aliphatic heterocycles. The molecule has 3 amide bonds. The van der Waals surface area contributed by atoms with E-state index in [1.54, 1.807) is 47.4 Å². The summed E-state index contributed by atoms with van der Waals surface area (Å²) in [6, 6.07) is 19.4. The minimum atomic E-state index is -0.381. The second-order valence-electron chi connectivity index (χ2n) is 12.2. The van der Waals surface area contributed by atoms with Crippen molar-refractivity contribution in [2.45, 2.75) is 45.5 Å². The van der Waals surface area contributed by atoms with Gasteiger partial charge in [-0.25, -0.2) is 4.68 Å². The summed E-state index contributed by atoms with van der Waals surface area (Å²) in [6.45, 7) is 5.15. The molecule has 0 fully saturated rings. The number of amides is 3. The van der Waals surface area contributed by atoms with Gasteiger partial charge in [-0.15, -0.1) is 5.10 Å². The van der Waals surface area contributed by atoms with Crippen LogP contribution in [-0.4, -0.2) is 91.7 Å². The zero-order chi connectivity index (χ0) is 34.2. The van der Waals surface area contributed by atoms with Crippen LogP contribution < -0.4 is 21.1 Å². The van der Waals surface area contributed by atoms with Gasteiger partial charge in [0.05, 0.1) is 30.4 Å². The molecule has 0 spiro atoms. The fourth-order valence-electron chi connectivity index (χ4n) is 5.58. The number of nitrogens with two attached hydrogens (primary N) is 1. The number of nitrogens with one attached hydrogen (secondary N) is 2. The SMILES string of the molecule is C[C@H](CO)N1C[C@H](C)[C@H](CN(C)Cc2ccc(C(=O)Nc3ccccc3N)cc2)Oc2ccc(NC(=O)Cn3cnnn3)cc2CC1=O. The third-order valence-electron chi connectivity index (χ3n) is 8.27. The number of para-hydroxylation sites is 2. The van der Waals surface area contributed by atoms with Crippen LogP contribution in [-0.2, 0) is 29.1 Å². The Morgan fingerprint density at radius 1 is 1.12 bits per heavy atom. The number of likely N-dealkylation sites (N-methyl/N-ethyl adjacent to an activating group) is 1. The monoisotopic (exact) mass is 655 g/mol. The van der Waals surface area contributed by atoms with Crippen molar-refractivity contribution < 1.29 is 24.2 Å². The van der Waals surface area contributed by atoms with Gasteiger partial charge in [-0.05, 0) is 72.4 Å². The highest BCUT2D eigenvalue weighted by molar-refractivity contribution is 6.05. The van der Waals surface area contributed by atoms with Crippen LogP contribution in [0.15, 0.2) is 73.1 Å². The van der Waals surface area contributed by atoms with Crippen molar-refractivity contribution in [3.05, 3.63) is 89.7 Å². The first-order valence-electron chi connectivity index (χ1n) is 15.7. The van der Waals surface area contributed by atoms with Crippen LogP contribution in [0.5, 0.6) is 5.75 Å². The zero-order valence-corrected chi connectivity index (χ0v) is 27.2. The fraction of sp³-hybridized carbons (Fsp3) is 0.353. The summed E-state index contributed by atoms with van der Waals surface area (Å²) >= 11 is 0. The van der Waals surface area contributed by atoms with Crippen molar-refractivity contribution in [1.29, 1.82) is 0 Å². The number of carbonyl (C=O) groups excluding carboxylic acids is 3. The standard InChI is InChI=1S/C34H41N9O5/c1-22-16-43(23(2)20-44)33(46)15-26-14-27(37-32(45)19-42-21-36-39-40-42)12-13-30(26)48-31(22)18-41(3)17-24-8-10-25(11-9-24)34(47)38-29-7-5-4-6-28(29)35/h4-14,21-23,31,44H,15-20,35H2,1-3H3,(H,37,45)(H,38,47)/t22-,23+,31-/m0/s1. The van der Waals surface area contributed by atoms with E-state index in [0.29, 0.717) is 53.6 Å². The summed E-state index contributed by atoms with van der Waals surface area (Å²) < 4.78 is 7.93. The van der Waals surface area contributed by atoms with Crippen molar-refractivity contribution in [3.8, 4) is 5.75 Å². The summed E-state index contributed by atoms with van der Waals surface area (Å²) in [5, 5.41) is 26.4. The van der Waals surface area contributed by atoms with E-state index < -0.39 is 0 Å². The number of rotatable bonds is 11. The highest BCUT2D eigenvalue weighted by Gasteiger charge is 2.31. The van der Waals surface area contributed by atoms with Gasteiger partial charge in [0.25, 0.3) is 5.91 Å². The zero-order valence-electron chi connectivity index (χ0n) is 27.2. The Balaban J connectivity index is 1.29. The topological polar surface area (TPSA) is 181 Å². The number of tetrazole rings is 1. The Morgan fingerprint density at radius 3 is 2.60 bits per heavy atom. The third-order valence-corrected chi connectivity index (χ3v) is 8.27. The number of aliphatic hydroxyl groups excluding tert-OH is 1. The van der Waals surface area contributed by atoms with Crippen molar-refractivity contribution in [2.24, 2.45) is 5.92 Å². The van der Waals surface area contributed by atoms with Crippen LogP contribution in [0.25, 0.3) is 0 Å². The molecular weight excluding hydrogens is 614 g/mol. The maximum Gasteiger partial charge on any atom is 0.255 e. The number of hydrogen-bond donors (Lipinski definition) is 4. The number of ether oxygens (including phenoxy) is 1. The first-order valence-corrected chi connectivity index (χ1v) is 15.7. The van der Waals surface area contributed by atoms with E-state index in [0.717, 1.165) is 5.56 Å². The molecule has 14 heteroatoms. The number of aliphatic hydroxyl groups is 1. The molecule has 0 radical (unpaired) electrons. The van der Waals surface area contributed by atoms with E-state index in [-0.39, 0.29) is 55.4 Å². The van der Waals surface area contributed by atoms with Crippen LogP contribution in [0.1, 0.15) is 35.3 Å². The summed E-state index contributed by atoms with van der Waals surface area (Å²) in [6.07, 6.45) is 1.08. The van der Waals surface area contributed by atoms with Crippen LogP contribution in [0.4, 0.5) is 17.1 Å². The number of hydrogen-bond acceptors (Lipinski definition) is 10. The quantitative estimate of drug-likeness (QED) is 0.175. The van der Waals surface area contributed by atoms with E-state index in [4.69, 9.17) is 10.5 Å². The number of anilines is 3. The minimum absolute atomic E-state index is 0.0441. The predicted molar refractivity (Wildman–Crippen MR) is 180 cm³/mol. The Bertz CT molecular complexity index is 1710. The second-order valence-corrected chi connectivity index (χ2v) is 12.2. The molecular formula is C34H41N9O5. The Labute approximate surface area is 278 Å². The Morgan fingerprint density at radius 2 is 1.90 bits per heavy atom. The molecule has 0 unspecified atom stereocenters. The maximum atomic E-state index is 13.5. The van der Waals surface area contributed by atoms with Gasteiger partial charge in [0.1, 0.15) is 24.7 Å². The summed E-state index contributed by atoms with van der Waals surface area (Å²) in [5.74, 6) is -0.233. The molecule has 0 saturated heterocycles. The predicted octanol–water partition coefficient (Wildman–Crippen LogP) is 2.43. The summed E-state index contributed by atoms with van der Waals surface area (Å²) in [4.78, 5) is 42.7. The van der Waals surface area contributed by atoms with E-state index in [2.05, 4.69) is 31.1 Å². The van der Waals surface area contributed by atoms with Gasteiger partial charge in [-0.2, -0.15) is 0 Å². The van der Waals surface area contributed by atoms with Crippen LogP contribution in [0, 0.1) is 5.92 Å². The lowest BCUT2D eigenvalue weighted by Gasteiger charge is -2.34. The Kier molecular flexibility index (Phi) is 11.0. The average molecular weight is 656 g/mol. The average Bonchev–Trinajstić information content (AvgIpc) is 3.58. The maximum absolute atomic E-state index is 13.5. The largest absolute Gasteiger partial charge is 0.488 e. The molecule has 0 aliphatic carbocycles. The molecule has 252 valence electrons. The summed E-state index contributed by atoms with van der Waals surface area (Å²) in [7, 11) is 1.99. The number of fused-ring (bicyclic) bond motifs is 1. The molecule has 5 N–H and O–H groups in total. The molecule has 3 atom stereocenters. The van der Waals surface area contributed by atoms with E-state index >= 15 is 0 Å². The van der Waals surface area contributed by atoms with Gasteiger partial charge in [0.2, 0.25) is 11.8 Å². The number of aromatic nitrogens is 4. The number of carbonyl (C=O) groups is 3. The van der Waals surface area contributed by atoms with Gasteiger partial charge < -0.3 is 31.1 Å². The molecule has 3 aromatic carbocycles. The van der Waals surface area contributed by atoms with E-state index in [9.17, 15) is 19.5 Å². The number of benzene rings is 3. The molecule has 4 aromatic rings. The summed E-state index contributed by atoms with van der Waals surface area (Å²) in [5.41, 5.74) is 9.69. The molecule has 1 aromatic heterocycles. The van der Waals surface area contributed by atoms with Gasteiger partial charge in [0.15, 0.2) is 0 Å². The molecule has 2 heterocycles. The lowest BCUT2D eigenvalue weighted by Crippen LogP contribution is -2.47. The minimum Gasteiger partial charge on any atom is -0.488 e. The number of nitrogen functional groups attached to an aromatic ring is 1.